The van der Waals surface area contributed by atoms with Gasteiger partial charge in [-0.15, -0.1) is 0 Å². The number of benzene rings is 1. The Hall–Kier alpha value is -3.08. The van der Waals surface area contributed by atoms with Crippen LogP contribution < -0.4 is 5.32 Å². The minimum absolute atomic E-state index is 0.332. The standard InChI is InChI=1S/C17H12FN3O/c18-15-6-3-12(4-7-15)17(22)21-16-8-5-14(11-20-16)13-2-1-9-19-10-13/h1-11H,(H,20,21,22). The van der Waals surface area contributed by atoms with Crippen molar-refractivity contribution in [2.24, 2.45) is 0 Å². The Morgan fingerprint density at radius 1 is 0.955 bits per heavy atom. The number of amides is 1. The third-order valence-corrected chi connectivity index (χ3v) is 3.11. The second kappa shape index (κ2) is 6.13. The molecule has 5 heteroatoms. The lowest BCUT2D eigenvalue weighted by atomic mass is 10.1. The van der Waals surface area contributed by atoms with Gasteiger partial charge in [0.05, 0.1) is 0 Å². The van der Waals surface area contributed by atoms with Gasteiger partial charge in [-0.1, -0.05) is 6.07 Å². The fourth-order valence-electron chi connectivity index (χ4n) is 1.96. The van der Waals surface area contributed by atoms with Crippen molar-refractivity contribution in [3.8, 4) is 11.1 Å². The van der Waals surface area contributed by atoms with Gasteiger partial charge in [0.1, 0.15) is 11.6 Å². The van der Waals surface area contributed by atoms with E-state index in [1.807, 2.05) is 18.2 Å². The van der Waals surface area contributed by atoms with Crippen LogP contribution in [0.1, 0.15) is 10.4 Å². The molecule has 0 atom stereocenters. The summed E-state index contributed by atoms with van der Waals surface area (Å²) >= 11 is 0. The van der Waals surface area contributed by atoms with Crippen LogP contribution in [-0.2, 0) is 0 Å². The predicted molar refractivity (Wildman–Crippen MR) is 81.8 cm³/mol. The van der Waals surface area contributed by atoms with Crippen LogP contribution in [0.2, 0.25) is 0 Å². The summed E-state index contributed by atoms with van der Waals surface area (Å²) < 4.78 is 12.8. The highest BCUT2D eigenvalue weighted by Crippen LogP contribution is 2.18. The van der Waals surface area contributed by atoms with E-state index in [0.29, 0.717) is 11.4 Å². The molecule has 2 heterocycles. The maximum atomic E-state index is 12.8. The highest BCUT2D eigenvalue weighted by molar-refractivity contribution is 6.03. The van der Waals surface area contributed by atoms with Crippen molar-refractivity contribution in [1.82, 2.24) is 9.97 Å². The van der Waals surface area contributed by atoms with Gasteiger partial charge in [0.2, 0.25) is 0 Å². The number of rotatable bonds is 3. The maximum absolute atomic E-state index is 12.8. The van der Waals surface area contributed by atoms with E-state index >= 15 is 0 Å². The number of anilines is 1. The van der Waals surface area contributed by atoms with Crippen molar-refractivity contribution in [3.05, 3.63) is 78.5 Å². The molecule has 22 heavy (non-hydrogen) atoms. The van der Waals surface area contributed by atoms with Crippen LogP contribution in [0.4, 0.5) is 10.2 Å². The first kappa shape index (κ1) is 13.9. The van der Waals surface area contributed by atoms with E-state index < -0.39 is 0 Å². The number of carbonyl (C=O) groups excluding carboxylic acids is 1. The van der Waals surface area contributed by atoms with Crippen molar-refractivity contribution in [2.45, 2.75) is 0 Å². The van der Waals surface area contributed by atoms with Crippen LogP contribution in [0.25, 0.3) is 11.1 Å². The number of hydrogen-bond donors (Lipinski definition) is 1. The quantitative estimate of drug-likeness (QED) is 0.803. The van der Waals surface area contributed by atoms with E-state index in [0.717, 1.165) is 11.1 Å². The van der Waals surface area contributed by atoms with Gasteiger partial charge in [0, 0.05) is 35.3 Å². The normalized spacial score (nSPS) is 10.2. The van der Waals surface area contributed by atoms with Gasteiger partial charge in [-0.25, -0.2) is 9.37 Å². The summed E-state index contributed by atoms with van der Waals surface area (Å²) in [5, 5.41) is 2.67. The molecule has 1 N–H and O–H groups in total. The summed E-state index contributed by atoms with van der Waals surface area (Å²) in [5.41, 5.74) is 2.24. The van der Waals surface area contributed by atoms with Crippen molar-refractivity contribution >= 4 is 11.7 Å². The van der Waals surface area contributed by atoms with Gasteiger partial charge in [-0.05, 0) is 42.5 Å². The third kappa shape index (κ3) is 3.15. The minimum Gasteiger partial charge on any atom is -0.307 e. The number of carbonyl (C=O) groups is 1. The average molecular weight is 293 g/mol. The Balaban J connectivity index is 1.73. The molecule has 0 fully saturated rings. The molecule has 1 aromatic carbocycles. The number of hydrogen-bond acceptors (Lipinski definition) is 3. The molecule has 0 aliphatic carbocycles. The largest absolute Gasteiger partial charge is 0.307 e. The highest BCUT2D eigenvalue weighted by atomic mass is 19.1. The molecule has 0 saturated heterocycles. The second-order valence-electron chi connectivity index (χ2n) is 4.63. The highest BCUT2D eigenvalue weighted by Gasteiger charge is 2.07. The van der Waals surface area contributed by atoms with Crippen LogP contribution in [0.5, 0.6) is 0 Å². The van der Waals surface area contributed by atoms with Gasteiger partial charge in [-0.3, -0.25) is 9.78 Å². The van der Waals surface area contributed by atoms with Crippen LogP contribution in [0.15, 0.2) is 67.1 Å². The Morgan fingerprint density at radius 3 is 2.36 bits per heavy atom. The summed E-state index contributed by atoms with van der Waals surface area (Å²) in [6, 6.07) is 12.7. The average Bonchev–Trinajstić information content (AvgIpc) is 2.57. The molecule has 0 unspecified atom stereocenters. The number of aromatic nitrogens is 2. The Kier molecular flexibility index (Phi) is 3.87. The molecule has 0 radical (unpaired) electrons. The molecule has 108 valence electrons. The van der Waals surface area contributed by atoms with Gasteiger partial charge in [0.25, 0.3) is 5.91 Å². The fourth-order valence-corrected chi connectivity index (χ4v) is 1.96. The topological polar surface area (TPSA) is 54.9 Å². The Bertz CT molecular complexity index is 771. The second-order valence-corrected chi connectivity index (χ2v) is 4.63. The molecule has 0 bridgehead atoms. The molecule has 4 nitrogen and oxygen atoms in total. The zero-order valence-corrected chi connectivity index (χ0v) is 11.5. The zero-order valence-electron chi connectivity index (χ0n) is 11.5. The van der Waals surface area contributed by atoms with Crippen LogP contribution >= 0.6 is 0 Å². The van der Waals surface area contributed by atoms with E-state index in [1.54, 1.807) is 24.7 Å². The molecule has 0 spiro atoms. The van der Waals surface area contributed by atoms with E-state index in [2.05, 4.69) is 15.3 Å². The van der Waals surface area contributed by atoms with Gasteiger partial charge < -0.3 is 5.32 Å². The smallest absolute Gasteiger partial charge is 0.256 e. The molecule has 0 aliphatic heterocycles. The van der Waals surface area contributed by atoms with Crippen LogP contribution in [-0.4, -0.2) is 15.9 Å². The zero-order chi connectivity index (χ0) is 15.4. The van der Waals surface area contributed by atoms with Crippen LogP contribution in [0.3, 0.4) is 0 Å². The fraction of sp³-hybridized carbons (Fsp3) is 0. The number of nitrogens with one attached hydrogen (secondary N) is 1. The van der Waals surface area contributed by atoms with E-state index in [4.69, 9.17) is 0 Å². The Morgan fingerprint density at radius 2 is 1.73 bits per heavy atom. The molecule has 3 rings (SSSR count). The number of nitrogens with zero attached hydrogens (tertiary/aromatic N) is 2. The molecule has 1 amide bonds. The van der Waals surface area contributed by atoms with Crippen molar-refractivity contribution in [2.75, 3.05) is 5.32 Å². The molecule has 0 saturated carbocycles. The summed E-state index contributed by atoms with van der Waals surface area (Å²) in [6.07, 6.45) is 5.11. The number of halogens is 1. The molecular weight excluding hydrogens is 281 g/mol. The first-order chi connectivity index (χ1) is 10.7. The molecule has 3 aromatic rings. The monoisotopic (exact) mass is 293 g/mol. The summed E-state index contributed by atoms with van der Waals surface area (Å²) in [5.74, 6) is -0.279. The maximum Gasteiger partial charge on any atom is 0.256 e. The lowest BCUT2D eigenvalue weighted by Crippen LogP contribution is -2.12. The van der Waals surface area contributed by atoms with Gasteiger partial charge in [0.15, 0.2) is 0 Å². The van der Waals surface area contributed by atoms with Crippen molar-refractivity contribution in [1.29, 1.82) is 0 Å². The van der Waals surface area contributed by atoms with E-state index in [1.165, 1.54) is 24.3 Å². The molecule has 2 aromatic heterocycles. The first-order valence-electron chi connectivity index (χ1n) is 6.66. The molecular formula is C17H12FN3O. The summed E-state index contributed by atoms with van der Waals surface area (Å²) in [6.45, 7) is 0. The summed E-state index contributed by atoms with van der Waals surface area (Å²) in [7, 11) is 0. The SMILES string of the molecule is O=C(Nc1ccc(-c2cccnc2)cn1)c1ccc(F)cc1. The predicted octanol–water partition coefficient (Wildman–Crippen LogP) is 3.54. The van der Waals surface area contributed by atoms with Gasteiger partial charge in [-0.2, -0.15) is 0 Å². The lowest BCUT2D eigenvalue weighted by molar-refractivity contribution is 0.102. The third-order valence-electron chi connectivity index (χ3n) is 3.11. The number of pyridine rings is 2. The van der Waals surface area contributed by atoms with Crippen LogP contribution in [0, 0.1) is 5.82 Å². The molecule has 0 aliphatic rings. The van der Waals surface area contributed by atoms with Gasteiger partial charge >= 0.3 is 0 Å². The van der Waals surface area contributed by atoms with E-state index in [-0.39, 0.29) is 11.7 Å². The Labute approximate surface area is 126 Å². The van der Waals surface area contributed by atoms with Crippen molar-refractivity contribution < 1.29 is 9.18 Å². The first-order valence-corrected chi connectivity index (χ1v) is 6.66. The summed E-state index contributed by atoms with van der Waals surface area (Å²) in [4.78, 5) is 20.3. The minimum atomic E-state index is -0.379. The van der Waals surface area contributed by atoms with Crippen molar-refractivity contribution in [3.63, 3.8) is 0 Å². The van der Waals surface area contributed by atoms with E-state index in [9.17, 15) is 9.18 Å². The lowest BCUT2D eigenvalue weighted by Gasteiger charge is -2.06.